The number of rotatable bonds is 2. The van der Waals surface area contributed by atoms with Gasteiger partial charge in [-0.25, -0.2) is 8.78 Å². The van der Waals surface area contributed by atoms with Crippen LogP contribution in [0.2, 0.25) is 0 Å². The van der Waals surface area contributed by atoms with Crippen LogP contribution < -0.4 is 5.73 Å². The maximum Gasteiger partial charge on any atom is 0.248 e. The highest BCUT2D eigenvalue weighted by atomic mass is 19.3. The number of hydrogen-bond acceptors (Lipinski definition) is 1. The van der Waals surface area contributed by atoms with Crippen LogP contribution in [-0.4, -0.2) is 12.5 Å². The summed E-state index contributed by atoms with van der Waals surface area (Å²) in [7, 11) is 0. The Labute approximate surface area is 103 Å². The first kappa shape index (κ1) is 13.3. The Morgan fingerprint density at radius 2 is 1.41 bits per heavy atom. The van der Waals surface area contributed by atoms with Gasteiger partial charge in [0.1, 0.15) is 0 Å². The van der Waals surface area contributed by atoms with E-state index in [0.29, 0.717) is 25.3 Å². The van der Waals surface area contributed by atoms with E-state index in [4.69, 9.17) is 5.73 Å². The van der Waals surface area contributed by atoms with Gasteiger partial charge in [0.25, 0.3) is 0 Å². The monoisotopic (exact) mass is 245 g/mol. The second-order valence-corrected chi connectivity index (χ2v) is 6.11. The van der Waals surface area contributed by atoms with Gasteiger partial charge in [0.05, 0.1) is 0 Å². The first-order chi connectivity index (χ1) is 8.08. The van der Waals surface area contributed by atoms with Gasteiger partial charge in [-0.05, 0) is 43.6 Å². The fourth-order valence-electron chi connectivity index (χ4n) is 3.78. The van der Waals surface area contributed by atoms with E-state index >= 15 is 0 Å². The third kappa shape index (κ3) is 2.98. The van der Waals surface area contributed by atoms with E-state index in [-0.39, 0.29) is 18.3 Å². The number of nitrogens with two attached hydrogens (primary N) is 1. The quantitative estimate of drug-likeness (QED) is 0.728. The summed E-state index contributed by atoms with van der Waals surface area (Å²) in [6.45, 7) is 0.605. The third-order valence-electron chi connectivity index (χ3n) is 5.11. The van der Waals surface area contributed by atoms with Crippen molar-refractivity contribution >= 4 is 0 Å². The van der Waals surface area contributed by atoms with Gasteiger partial charge in [0.2, 0.25) is 5.92 Å². The molecule has 0 heterocycles. The van der Waals surface area contributed by atoms with Gasteiger partial charge in [0, 0.05) is 12.8 Å². The summed E-state index contributed by atoms with van der Waals surface area (Å²) in [5.41, 5.74) is 6.00. The van der Waals surface area contributed by atoms with E-state index in [2.05, 4.69) is 0 Å². The molecule has 2 aliphatic rings. The molecule has 0 amide bonds. The van der Waals surface area contributed by atoms with Crippen LogP contribution in [0, 0.1) is 11.3 Å². The lowest BCUT2D eigenvalue weighted by molar-refractivity contribution is -0.0803. The van der Waals surface area contributed by atoms with Crippen molar-refractivity contribution in [1.29, 1.82) is 0 Å². The molecule has 0 unspecified atom stereocenters. The van der Waals surface area contributed by atoms with Gasteiger partial charge in [-0.3, -0.25) is 0 Å². The molecule has 2 aliphatic carbocycles. The van der Waals surface area contributed by atoms with Crippen LogP contribution in [0.5, 0.6) is 0 Å². The van der Waals surface area contributed by atoms with E-state index in [0.717, 1.165) is 0 Å². The van der Waals surface area contributed by atoms with Gasteiger partial charge in [-0.15, -0.1) is 0 Å². The van der Waals surface area contributed by atoms with E-state index in [9.17, 15) is 8.78 Å². The van der Waals surface area contributed by atoms with Gasteiger partial charge in [-0.1, -0.05) is 25.7 Å². The Bertz CT molecular complexity index is 235. The van der Waals surface area contributed by atoms with E-state index in [1.807, 2.05) is 0 Å². The third-order valence-corrected chi connectivity index (χ3v) is 5.11. The zero-order valence-electron chi connectivity index (χ0n) is 10.7. The van der Waals surface area contributed by atoms with Crippen molar-refractivity contribution in [2.75, 3.05) is 6.54 Å². The minimum atomic E-state index is -2.43. The summed E-state index contributed by atoms with van der Waals surface area (Å²) in [5.74, 6) is -1.82. The van der Waals surface area contributed by atoms with Crippen molar-refractivity contribution in [1.82, 2.24) is 0 Å². The highest BCUT2D eigenvalue weighted by molar-refractivity contribution is 4.94. The van der Waals surface area contributed by atoms with Crippen LogP contribution in [0.25, 0.3) is 0 Å². The minimum Gasteiger partial charge on any atom is -0.330 e. The minimum absolute atomic E-state index is 0.0337. The lowest BCUT2D eigenvalue weighted by atomic mass is 9.63. The molecule has 100 valence electrons. The first-order valence-electron chi connectivity index (χ1n) is 7.16. The van der Waals surface area contributed by atoms with Crippen LogP contribution in [0.1, 0.15) is 64.2 Å². The highest BCUT2D eigenvalue weighted by Gasteiger charge is 2.46. The molecule has 2 fully saturated rings. The van der Waals surface area contributed by atoms with Gasteiger partial charge in [-0.2, -0.15) is 0 Å². The topological polar surface area (TPSA) is 26.0 Å². The van der Waals surface area contributed by atoms with Crippen molar-refractivity contribution in [3.8, 4) is 0 Å². The molecule has 0 aliphatic heterocycles. The van der Waals surface area contributed by atoms with Crippen LogP contribution in [0.4, 0.5) is 8.78 Å². The van der Waals surface area contributed by atoms with Crippen molar-refractivity contribution in [2.45, 2.75) is 70.1 Å². The standard InChI is InChI=1S/C14H25F2N/c15-14(16)9-7-13(11-17,8-10-14)12-5-3-1-2-4-6-12/h12H,1-11,17H2. The molecule has 2 N–H and O–H groups in total. The second-order valence-electron chi connectivity index (χ2n) is 6.11. The van der Waals surface area contributed by atoms with E-state index in [1.54, 1.807) is 0 Å². The number of alkyl halides is 2. The Hall–Kier alpha value is -0.180. The Kier molecular flexibility index (Phi) is 4.06. The molecule has 1 nitrogen and oxygen atoms in total. The van der Waals surface area contributed by atoms with Crippen molar-refractivity contribution in [2.24, 2.45) is 17.1 Å². The molecule has 3 heteroatoms. The normalized spacial score (nSPS) is 29.8. The first-order valence-corrected chi connectivity index (χ1v) is 7.16. The number of halogens is 2. The smallest absolute Gasteiger partial charge is 0.248 e. The Balaban J connectivity index is 2.03. The molecule has 0 spiro atoms. The maximum absolute atomic E-state index is 13.3. The largest absolute Gasteiger partial charge is 0.330 e. The summed E-state index contributed by atoms with van der Waals surface area (Å²) in [5, 5.41) is 0. The highest BCUT2D eigenvalue weighted by Crippen LogP contribution is 2.50. The van der Waals surface area contributed by atoms with Crippen LogP contribution in [-0.2, 0) is 0 Å². The molecule has 2 saturated carbocycles. The zero-order valence-corrected chi connectivity index (χ0v) is 10.7. The summed E-state index contributed by atoms with van der Waals surface area (Å²) < 4.78 is 26.6. The van der Waals surface area contributed by atoms with Crippen molar-refractivity contribution < 1.29 is 8.78 Å². The van der Waals surface area contributed by atoms with Gasteiger partial charge in [0.15, 0.2) is 0 Å². The SMILES string of the molecule is NCC1(C2CCCCCC2)CCC(F)(F)CC1. The molecular formula is C14H25F2N. The summed E-state index contributed by atoms with van der Waals surface area (Å²) in [6, 6.07) is 0. The predicted molar refractivity (Wildman–Crippen MR) is 66.1 cm³/mol. The van der Waals surface area contributed by atoms with Crippen molar-refractivity contribution in [3.63, 3.8) is 0 Å². The van der Waals surface area contributed by atoms with Crippen molar-refractivity contribution in [3.05, 3.63) is 0 Å². The molecule has 0 radical (unpaired) electrons. The summed E-state index contributed by atoms with van der Waals surface area (Å²) in [4.78, 5) is 0. The number of hydrogen-bond donors (Lipinski definition) is 1. The zero-order chi connectivity index (χ0) is 12.4. The Morgan fingerprint density at radius 3 is 1.88 bits per heavy atom. The molecular weight excluding hydrogens is 220 g/mol. The summed E-state index contributed by atoms with van der Waals surface area (Å²) >= 11 is 0. The van der Waals surface area contributed by atoms with Crippen LogP contribution in [0.3, 0.4) is 0 Å². The molecule has 0 bridgehead atoms. The Morgan fingerprint density at radius 1 is 0.882 bits per heavy atom. The average Bonchev–Trinajstić information content (AvgIpc) is 2.59. The van der Waals surface area contributed by atoms with Gasteiger partial charge < -0.3 is 5.73 Å². The molecule has 0 atom stereocenters. The molecule has 0 saturated heterocycles. The average molecular weight is 245 g/mol. The fourth-order valence-corrected chi connectivity index (χ4v) is 3.78. The van der Waals surface area contributed by atoms with Gasteiger partial charge >= 0.3 is 0 Å². The molecule has 0 aromatic heterocycles. The molecule has 17 heavy (non-hydrogen) atoms. The predicted octanol–water partition coefficient (Wildman–Crippen LogP) is 4.11. The van der Waals surface area contributed by atoms with Crippen LogP contribution in [0.15, 0.2) is 0 Å². The van der Waals surface area contributed by atoms with Crippen LogP contribution >= 0.6 is 0 Å². The molecule has 0 aromatic carbocycles. The molecule has 2 rings (SSSR count). The van der Waals surface area contributed by atoms with E-state index in [1.165, 1.54) is 38.5 Å². The summed E-state index contributed by atoms with van der Waals surface area (Å²) in [6.07, 6.45) is 8.97. The maximum atomic E-state index is 13.3. The lowest BCUT2D eigenvalue weighted by Gasteiger charge is -2.45. The molecule has 0 aromatic rings. The van der Waals surface area contributed by atoms with E-state index < -0.39 is 5.92 Å². The lowest BCUT2D eigenvalue weighted by Crippen LogP contribution is -2.43. The fraction of sp³-hybridized carbons (Fsp3) is 1.00. The second kappa shape index (κ2) is 5.21.